The van der Waals surface area contributed by atoms with E-state index in [-0.39, 0.29) is 30.9 Å². The molecule has 0 aliphatic carbocycles. The molecule has 0 aliphatic heterocycles. The van der Waals surface area contributed by atoms with Gasteiger partial charge in [0.25, 0.3) is 5.91 Å². The molecular weight excluding hydrogens is 258 g/mol. The summed E-state index contributed by atoms with van der Waals surface area (Å²) in [5, 5.41) is 13.9. The van der Waals surface area contributed by atoms with Crippen LogP contribution in [0.2, 0.25) is 0 Å². The Kier molecular flexibility index (Phi) is 6.14. The van der Waals surface area contributed by atoms with Crippen LogP contribution in [-0.4, -0.2) is 36.1 Å². The van der Waals surface area contributed by atoms with Gasteiger partial charge in [-0.2, -0.15) is 0 Å². The second-order valence-electron chi connectivity index (χ2n) is 4.82. The van der Waals surface area contributed by atoms with Crippen LogP contribution in [0.4, 0.5) is 5.69 Å². The maximum Gasteiger partial charge on any atom is 0.251 e. The van der Waals surface area contributed by atoms with Crippen molar-refractivity contribution in [2.45, 2.75) is 19.9 Å². The molecule has 20 heavy (non-hydrogen) atoms. The van der Waals surface area contributed by atoms with Crippen molar-refractivity contribution in [3.05, 3.63) is 29.8 Å². The van der Waals surface area contributed by atoms with E-state index in [4.69, 9.17) is 10.8 Å². The van der Waals surface area contributed by atoms with E-state index in [1.807, 2.05) is 13.8 Å². The van der Waals surface area contributed by atoms with Crippen LogP contribution in [0.15, 0.2) is 24.3 Å². The summed E-state index contributed by atoms with van der Waals surface area (Å²) in [6.45, 7) is 3.85. The van der Waals surface area contributed by atoms with Crippen LogP contribution in [0.3, 0.4) is 0 Å². The smallest absolute Gasteiger partial charge is 0.251 e. The van der Waals surface area contributed by atoms with Crippen LogP contribution in [0, 0.1) is 5.92 Å². The molecule has 6 nitrogen and oxygen atoms in total. The molecule has 0 bridgehead atoms. The van der Waals surface area contributed by atoms with Gasteiger partial charge in [-0.15, -0.1) is 0 Å². The first-order chi connectivity index (χ1) is 9.45. The van der Waals surface area contributed by atoms with Crippen LogP contribution in [0.1, 0.15) is 24.2 Å². The Balaban J connectivity index is 2.63. The molecule has 0 saturated carbocycles. The average Bonchev–Trinajstić information content (AvgIpc) is 2.44. The normalized spacial score (nSPS) is 12.1. The van der Waals surface area contributed by atoms with Gasteiger partial charge in [-0.25, -0.2) is 0 Å². The quantitative estimate of drug-likeness (QED) is 0.602. The number of benzene rings is 1. The SMILES string of the molecule is CC(C)[C@@H](N)C(=O)Nc1ccc(C(=O)NCCO)cc1. The fraction of sp³-hybridized carbons (Fsp3) is 0.429. The minimum atomic E-state index is -0.567. The lowest BCUT2D eigenvalue weighted by Gasteiger charge is -2.15. The van der Waals surface area contributed by atoms with Crippen molar-refractivity contribution < 1.29 is 14.7 Å². The predicted octanol–water partition coefficient (Wildman–Crippen LogP) is 0.330. The first-order valence-electron chi connectivity index (χ1n) is 6.51. The molecule has 0 radical (unpaired) electrons. The molecule has 0 aliphatic rings. The minimum Gasteiger partial charge on any atom is -0.395 e. The fourth-order valence-electron chi connectivity index (χ4n) is 1.50. The van der Waals surface area contributed by atoms with Crippen molar-refractivity contribution in [3.8, 4) is 0 Å². The Morgan fingerprint density at radius 2 is 1.85 bits per heavy atom. The van der Waals surface area contributed by atoms with Crippen LogP contribution < -0.4 is 16.4 Å². The lowest BCUT2D eigenvalue weighted by atomic mass is 10.0. The van der Waals surface area contributed by atoms with Crippen LogP contribution in [0.5, 0.6) is 0 Å². The third kappa shape index (κ3) is 4.64. The van der Waals surface area contributed by atoms with Gasteiger partial charge in [-0.05, 0) is 30.2 Å². The molecule has 0 fully saturated rings. The number of rotatable bonds is 6. The zero-order valence-corrected chi connectivity index (χ0v) is 11.7. The molecule has 1 atom stereocenters. The minimum absolute atomic E-state index is 0.0542. The van der Waals surface area contributed by atoms with Crippen molar-refractivity contribution in [1.82, 2.24) is 5.32 Å². The van der Waals surface area contributed by atoms with Gasteiger partial charge in [0.2, 0.25) is 5.91 Å². The summed E-state index contributed by atoms with van der Waals surface area (Å²) in [5.74, 6) is -0.466. The average molecular weight is 279 g/mol. The maximum atomic E-state index is 11.8. The predicted molar refractivity (Wildman–Crippen MR) is 77.3 cm³/mol. The summed E-state index contributed by atoms with van der Waals surface area (Å²) in [4.78, 5) is 23.4. The largest absolute Gasteiger partial charge is 0.395 e. The monoisotopic (exact) mass is 279 g/mol. The second-order valence-corrected chi connectivity index (χ2v) is 4.82. The summed E-state index contributed by atoms with van der Waals surface area (Å²) < 4.78 is 0. The van der Waals surface area contributed by atoms with Crippen molar-refractivity contribution >= 4 is 17.5 Å². The molecule has 0 unspecified atom stereocenters. The molecule has 0 saturated heterocycles. The number of amides is 2. The molecule has 2 amide bonds. The second kappa shape index (κ2) is 7.62. The first kappa shape index (κ1) is 16.1. The number of aliphatic hydroxyl groups excluding tert-OH is 1. The van der Waals surface area contributed by atoms with Gasteiger partial charge in [-0.1, -0.05) is 13.8 Å². The van der Waals surface area contributed by atoms with E-state index in [2.05, 4.69) is 10.6 Å². The number of aliphatic hydroxyl groups is 1. The first-order valence-corrected chi connectivity index (χ1v) is 6.51. The molecule has 0 heterocycles. The van der Waals surface area contributed by atoms with E-state index >= 15 is 0 Å². The molecule has 5 N–H and O–H groups in total. The molecular formula is C14H21N3O3. The zero-order chi connectivity index (χ0) is 15.1. The maximum absolute atomic E-state index is 11.8. The Bertz CT molecular complexity index is 457. The third-order valence-corrected chi connectivity index (χ3v) is 2.83. The fourth-order valence-corrected chi connectivity index (χ4v) is 1.50. The third-order valence-electron chi connectivity index (χ3n) is 2.83. The Morgan fingerprint density at radius 3 is 2.35 bits per heavy atom. The Morgan fingerprint density at radius 1 is 1.25 bits per heavy atom. The number of nitrogens with two attached hydrogens (primary N) is 1. The summed E-state index contributed by atoms with van der Waals surface area (Å²) in [7, 11) is 0. The van der Waals surface area contributed by atoms with E-state index < -0.39 is 6.04 Å². The van der Waals surface area contributed by atoms with Crippen molar-refractivity contribution in [3.63, 3.8) is 0 Å². The van der Waals surface area contributed by atoms with Gasteiger partial charge in [0, 0.05) is 17.8 Å². The van der Waals surface area contributed by atoms with Crippen LogP contribution >= 0.6 is 0 Å². The highest BCUT2D eigenvalue weighted by Crippen LogP contribution is 2.11. The Labute approximate surface area is 118 Å². The molecule has 110 valence electrons. The number of carbonyl (C=O) groups excluding carboxylic acids is 2. The highest BCUT2D eigenvalue weighted by molar-refractivity contribution is 5.97. The van der Waals surface area contributed by atoms with E-state index in [0.717, 1.165) is 0 Å². The standard InChI is InChI=1S/C14H21N3O3/c1-9(2)12(15)14(20)17-11-5-3-10(4-6-11)13(19)16-7-8-18/h3-6,9,12,18H,7-8,15H2,1-2H3,(H,16,19)(H,17,20)/t12-/m1/s1. The summed E-state index contributed by atoms with van der Waals surface area (Å²) >= 11 is 0. The van der Waals surface area contributed by atoms with Crippen molar-refractivity contribution in [2.24, 2.45) is 11.7 Å². The molecule has 0 aromatic heterocycles. The molecule has 1 aromatic carbocycles. The number of carbonyl (C=O) groups is 2. The molecule has 1 aromatic rings. The number of hydrogen-bond donors (Lipinski definition) is 4. The van der Waals surface area contributed by atoms with Gasteiger partial charge >= 0.3 is 0 Å². The van der Waals surface area contributed by atoms with Gasteiger partial charge in [-0.3, -0.25) is 9.59 Å². The zero-order valence-electron chi connectivity index (χ0n) is 11.7. The highest BCUT2D eigenvalue weighted by Gasteiger charge is 2.17. The lowest BCUT2D eigenvalue weighted by Crippen LogP contribution is -2.39. The van der Waals surface area contributed by atoms with Gasteiger partial charge < -0.3 is 21.5 Å². The Hall–Kier alpha value is -1.92. The van der Waals surface area contributed by atoms with E-state index in [1.165, 1.54) is 0 Å². The topological polar surface area (TPSA) is 104 Å². The van der Waals surface area contributed by atoms with Gasteiger partial charge in [0.1, 0.15) is 0 Å². The van der Waals surface area contributed by atoms with E-state index in [1.54, 1.807) is 24.3 Å². The summed E-state index contributed by atoms with van der Waals surface area (Å²) in [6.07, 6.45) is 0. The highest BCUT2D eigenvalue weighted by atomic mass is 16.3. The molecule has 6 heteroatoms. The van der Waals surface area contributed by atoms with Crippen LogP contribution in [0.25, 0.3) is 0 Å². The molecule has 1 rings (SSSR count). The summed E-state index contributed by atoms with van der Waals surface area (Å²) in [5.41, 5.74) is 6.79. The molecule has 0 spiro atoms. The van der Waals surface area contributed by atoms with E-state index in [9.17, 15) is 9.59 Å². The number of anilines is 1. The van der Waals surface area contributed by atoms with Crippen molar-refractivity contribution in [1.29, 1.82) is 0 Å². The van der Waals surface area contributed by atoms with Crippen molar-refractivity contribution in [2.75, 3.05) is 18.5 Å². The van der Waals surface area contributed by atoms with Crippen LogP contribution in [-0.2, 0) is 4.79 Å². The lowest BCUT2D eigenvalue weighted by molar-refractivity contribution is -0.118. The van der Waals surface area contributed by atoms with E-state index in [0.29, 0.717) is 11.3 Å². The summed E-state index contributed by atoms with van der Waals surface area (Å²) in [6, 6.07) is 5.91. The van der Waals surface area contributed by atoms with Gasteiger partial charge in [0.15, 0.2) is 0 Å². The number of hydrogen-bond acceptors (Lipinski definition) is 4. The van der Waals surface area contributed by atoms with Gasteiger partial charge in [0.05, 0.1) is 12.6 Å². The number of nitrogens with one attached hydrogen (secondary N) is 2.